The molecule has 16 heavy (non-hydrogen) atoms. The van der Waals surface area contributed by atoms with Crippen LogP contribution in [-0.2, 0) is 0 Å². The van der Waals surface area contributed by atoms with E-state index < -0.39 is 0 Å². The van der Waals surface area contributed by atoms with Gasteiger partial charge in [0.15, 0.2) is 5.96 Å². The van der Waals surface area contributed by atoms with Crippen molar-refractivity contribution in [2.45, 2.75) is 20.8 Å². The zero-order valence-electron chi connectivity index (χ0n) is 9.95. The van der Waals surface area contributed by atoms with Gasteiger partial charge in [-0.2, -0.15) is 0 Å². The highest BCUT2D eigenvalue weighted by Gasteiger charge is 2.19. The molecule has 0 unspecified atom stereocenters. The minimum Gasteiger partial charge on any atom is -0.370 e. The third-order valence-electron chi connectivity index (χ3n) is 2.78. The molecule has 0 aromatic heterocycles. The lowest BCUT2D eigenvalue weighted by molar-refractivity contribution is 1.01. The normalized spacial score (nSPS) is 14.7. The van der Waals surface area contributed by atoms with Crippen LogP contribution in [0.1, 0.15) is 16.7 Å². The van der Waals surface area contributed by atoms with Crippen molar-refractivity contribution in [3.8, 4) is 0 Å². The third-order valence-corrected chi connectivity index (χ3v) is 2.78. The number of nitrogens with zero attached hydrogens (tertiary/aromatic N) is 2. The first-order chi connectivity index (χ1) is 7.09. The smallest absolute Gasteiger partial charge is 0.195 e. The van der Waals surface area contributed by atoms with Crippen LogP contribution in [0, 0.1) is 20.8 Å². The Labute approximate surface area is 107 Å². The second-order valence-corrected chi connectivity index (χ2v) is 4.14. The summed E-state index contributed by atoms with van der Waals surface area (Å²) in [4.78, 5) is 6.32. The van der Waals surface area contributed by atoms with Gasteiger partial charge in [0.1, 0.15) is 0 Å². The maximum atomic E-state index is 5.86. The topological polar surface area (TPSA) is 41.6 Å². The average molecular weight is 284 g/mol. The summed E-state index contributed by atoms with van der Waals surface area (Å²) in [5.41, 5.74) is 10.9. The summed E-state index contributed by atoms with van der Waals surface area (Å²) in [6.07, 6.45) is 0. The van der Waals surface area contributed by atoms with Crippen LogP contribution in [0.2, 0.25) is 0 Å². The molecule has 1 aliphatic heterocycles. The van der Waals surface area contributed by atoms with E-state index in [1.165, 1.54) is 22.4 Å². The van der Waals surface area contributed by atoms with Crippen molar-refractivity contribution >= 4 is 28.6 Å². The molecule has 0 radical (unpaired) electrons. The highest BCUT2D eigenvalue weighted by molar-refractivity contribution is 8.93. The molecule has 1 heterocycles. The number of anilines is 1. The molecule has 1 aliphatic rings. The number of halogens is 1. The number of guanidine groups is 1. The summed E-state index contributed by atoms with van der Waals surface area (Å²) in [6, 6.07) is 4.38. The van der Waals surface area contributed by atoms with Crippen molar-refractivity contribution in [3.63, 3.8) is 0 Å². The van der Waals surface area contributed by atoms with E-state index in [-0.39, 0.29) is 17.0 Å². The summed E-state index contributed by atoms with van der Waals surface area (Å²) in [7, 11) is 0. The average Bonchev–Trinajstić information content (AvgIpc) is 2.50. The Hall–Kier alpha value is -1.03. The van der Waals surface area contributed by atoms with Crippen LogP contribution in [0.5, 0.6) is 0 Å². The molecule has 0 amide bonds. The van der Waals surface area contributed by atoms with E-state index in [1.54, 1.807) is 0 Å². The second-order valence-electron chi connectivity index (χ2n) is 4.14. The molecular formula is C12H18BrN3. The van der Waals surface area contributed by atoms with Gasteiger partial charge in [0.25, 0.3) is 0 Å². The molecule has 0 fully saturated rings. The molecule has 4 heteroatoms. The number of hydrogen-bond donors (Lipinski definition) is 1. The fourth-order valence-electron chi connectivity index (χ4n) is 2.29. The highest BCUT2D eigenvalue weighted by Crippen LogP contribution is 2.27. The molecule has 0 atom stereocenters. The van der Waals surface area contributed by atoms with Crippen molar-refractivity contribution in [3.05, 3.63) is 28.8 Å². The standard InChI is InChI=1S/C12H17N3.BrH/c1-8-6-9(2)11(10(3)7-8)15-5-4-14-12(15)13;/h6-7H,4-5H2,1-3H3,(H2,13,14);1H. The van der Waals surface area contributed by atoms with Crippen molar-refractivity contribution in [1.82, 2.24) is 0 Å². The maximum absolute atomic E-state index is 5.86. The molecule has 0 aliphatic carbocycles. The first kappa shape index (κ1) is 13.0. The van der Waals surface area contributed by atoms with Crippen LogP contribution in [-0.4, -0.2) is 19.0 Å². The van der Waals surface area contributed by atoms with Gasteiger partial charge in [0, 0.05) is 12.2 Å². The SMILES string of the molecule is Br.Cc1cc(C)c(N2CCN=C2N)c(C)c1. The van der Waals surface area contributed by atoms with Crippen LogP contribution >= 0.6 is 17.0 Å². The minimum atomic E-state index is 0. The summed E-state index contributed by atoms with van der Waals surface area (Å²) in [6.45, 7) is 8.07. The number of nitrogens with two attached hydrogens (primary N) is 1. The van der Waals surface area contributed by atoms with E-state index in [4.69, 9.17) is 5.73 Å². The summed E-state index contributed by atoms with van der Waals surface area (Å²) < 4.78 is 0. The second kappa shape index (κ2) is 4.87. The quantitative estimate of drug-likeness (QED) is 0.860. The lowest BCUT2D eigenvalue weighted by atomic mass is 10.0. The molecule has 0 bridgehead atoms. The summed E-state index contributed by atoms with van der Waals surface area (Å²) >= 11 is 0. The van der Waals surface area contributed by atoms with Crippen LogP contribution < -0.4 is 10.6 Å². The number of hydrogen-bond acceptors (Lipinski definition) is 3. The first-order valence-corrected chi connectivity index (χ1v) is 5.25. The predicted octanol–water partition coefficient (Wildman–Crippen LogP) is 2.32. The molecular weight excluding hydrogens is 266 g/mol. The van der Waals surface area contributed by atoms with Gasteiger partial charge < -0.3 is 10.6 Å². The van der Waals surface area contributed by atoms with Crippen LogP contribution in [0.15, 0.2) is 17.1 Å². The Morgan fingerprint density at radius 2 is 1.75 bits per heavy atom. The largest absolute Gasteiger partial charge is 0.370 e. The van der Waals surface area contributed by atoms with E-state index in [0.29, 0.717) is 5.96 Å². The molecule has 0 spiro atoms. The van der Waals surface area contributed by atoms with Crippen molar-refractivity contribution in [2.75, 3.05) is 18.0 Å². The van der Waals surface area contributed by atoms with Crippen LogP contribution in [0.4, 0.5) is 5.69 Å². The van der Waals surface area contributed by atoms with Crippen molar-refractivity contribution in [1.29, 1.82) is 0 Å². The third kappa shape index (κ3) is 2.21. The van der Waals surface area contributed by atoms with Gasteiger partial charge in [-0.15, -0.1) is 17.0 Å². The van der Waals surface area contributed by atoms with Gasteiger partial charge in [0.2, 0.25) is 0 Å². The zero-order valence-corrected chi connectivity index (χ0v) is 11.7. The molecule has 88 valence electrons. The lowest BCUT2D eigenvalue weighted by Crippen LogP contribution is -2.34. The Balaban J connectivity index is 0.00000128. The fourth-order valence-corrected chi connectivity index (χ4v) is 2.29. The lowest BCUT2D eigenvalue weighted by Gasteiger charge is -2.22. The highest BCUT2D eigenvalue weighted by atomic mass is 79.9. The summed E-state index contributed by atoms with van der Waals surface area (Å²) in [5.74, 6) is 0.644. The predicted molar refractivity (Wildman–Crippen MR) is 74.8 cm³/mol. The van der Waals surface area contributed by atoms with Gasteiger partial charge in [-0.25, -0.2) is 0 Å². The van der Waals surface area contributed by atoms with E-state index in [1.807, 2.05) is 0 Å². The van der Waals surface area contributed by atoms with Crippen LogP contribution in [0.3, 0.4) is 0 Å². The molecule has 3 nitrogen and oxygen atoms in total. The minimum absolute atomic E-state index is 0. The fraction of sp³-hybridized carbons (Fsp3) is 0.417. The first-order valence-electron chi connectivity index (χ1n) is 5.25. The number of benzene rings is 1. The molecule has 0 saturated heterocycles. The number of aryl methyl sites for hydroxylation is 3. The van der Waals surface area contributed by atoms with Crippen LogP contribution in [0.25, 0.3) is 0 Å². The molecule has 0 saturated carbocycles. The van der Waals surface area contributed by atoms with E-state index >= 15 is 0 Å². The molecule has 2 rings (SSSR count). The number of rotatable bonds is 1. The van der Waals surface area contributed by atoms with E-state index in [2.05, 4.69) is 42.8 Å². The van der Waals surface area contributed by atoms with E-state index in [0.717, 1.165) is 13.1 Å². The zero-order chi connectivity index (χ0) is 11.0. The number of aliphatic imine (C=N–C) groups is 1. The van der Waals surface area contributed by atoms with Gasteiger partial charge >= 0.3 is 0 Å². The molecule has 1 aromatic carbocycles. The van der Waals surface area contributed by atoms with Crippen molar-refractivity contribution < 1.29 is 0 Å². The summed E-state index contributed by atoms with van der Waals surface area (Å²) in [5, 5.41) is 0. The van der Waals surface area contributed by atoms with E-state index in [9.17, 15) is 0 Å². The van der Waals surface area contributed by atoms with Gasteiger partial charge in [-0.1, -0.05) is 17.7 Å². The Morgan fingerprint density at radius 1 is 1.19 bits per heavy atom. The Kier molecular flexibility index (Phi) is 3.97. The van der Waals surface area contributed by atoms with Crippen molar-refractivity contribution in [2.24, 2.45) is 10.7 Å². The molecule has 1 aromatic rings. The maximum Gasteiger partial charge on any atom is 0.195 e. The Morgan fingerprint density at radius 3 is 2.19 bits per heavy atom. The monoisotopic (exact) mass is 283 g/mol. The molecule has 2 N–H and O–H groups in total. The van der Waals surface area contributed by atoms with Gasteiger partial charge in [-0.3, -0.25) is 4.99 Å². The Bertz CT molecular complexity index is 403. The van der Waals surface area contributed by atoms with Gasteiger partial charge in [-0.05, 0) is 31.9 Å². The van der Waals surface area contributed by atoms with Gasteiger partial charge in [0.05, 0.1) is 6.54 Å².